The predicted molar refractivity (Wildman–Crippen MR) is 95.8 cm³/mol. The number of halogens is 2. The van der Waals surface area contributed by atoms with E-state index in [0.717, 1.165) is 12.1 Å². The van der Waals surface area contributed by atoms with E-state index in [1.807, 2.05) is 0 Å². The van der Waals surface area contributed by atoms with Gasteiger partial charge in [-0.25, -0.2) is 17.2 Å². The maximum Gasteiger partial charge on any atom is 0.261 e. The third-order valence-electron chi connectivity index (χ3n) is 3.52. The lowest BCUT2D eigenvalue weighted by atomic mass is 10.2. The Morgan fingerprint density at radius 2 is 1.67 bits per heavy atom. The van der Waals surface area contributed by atoms with Crippen molar-refractivity contribution in [2.45, 2.75) is 4.90 Å². The van der Waals surface area contributed by atoms with Gasteiger partial charge in [-0.1, -0.05) is 0 Å². The highest BCUT2D eigenvalue weighted by atomic mass is 32.2. The van der Waals surface area contributed by atoms with E-state index in [1.54, 1.807) is 18.3 Å². The second-order valence-electron chi connectivity index (χ2n) is 5.45. The van der Waals surface area contributed by atoms with Crippen LogP contribution in [0.3, 0.4) is 0 Å². The number of hydrogen-bond donors (Lipinski definition) is 2. The number of sulfonamides is 1. The lowest BCUT2D eigenvalue weighted by molar-refractivity contribution is 0.102. The van der Waals surface area contributed by atoms with Crippen molar-refractivity contribution < 1.29 is 22.0 Å². The quantitative estimate of drug-likeness (QED) is 0.700. The van der Waals surface area contributed by atoms with E-state index in [-0.39, 0.29) is 5.69 Å². The summed E-state index contributed by atoms with van der Waals surface area (Å²) in [4.78, 5) is 15.6. The third-order valence-corrected chi connectivity index (χ3v) is 4.90. The van der Waals surface area contributed by atoms with Crippen LogP contribution >= 0.6 is 0 Å². The number of pyridine rings is 1. The van der Waals surface area contributed by atoms with Gasteiger partial charge in [-0.2, -0.15) is 0 Å². The van der Waals surface area contributed by atoms with E-state index in [2.05, 4.69) is 15.0 Å². The molecule has 6 nitrogen and oxygen atoms in total. The number of nitrogens with zero attached hydrogens (tertiary/aromatic N) is 1. The van der Waals surface area contributed by atoms with Gasteiger partial charge in [0.25, 0.3) is 15.9 Å². The molecule has 0 saturated carbocycles. The Hall–Kier alpha value is -3.33. The zero-order valence-corrected chi connectivity index (χ0v) is 14.5. The summed E-state index contributed by atoms with van der Waals surface area (Å²) in [6.45, 7) is 0. The van der Waals surface area contributed by atoms with Crippen LogP contribution in [0.1, 0.15) is 10.4 Å². The molecule has 0 saturated heterocycles. The first kappa shape index (κ1) is 18.5. The highest BCUT2D eigenvalue weighted by Gasteiger charge is 2.17. The Kier molecular flexibility index (Phi) is 5.13. The second-order valence-corrected chi connectivity index (χ2v) is 7.14. The summed E-state index contributed by atoms with van der Waals surface area (Å²) in [5.74, 6) is -2.80. The number of anilines is 2. The van der Waals surface area contributed by atoms with Crippen LogP contribution in [0.25, 0.3) is 0 Å². The highest BCUT2D eigenvalue weighted by molar-refractivity contribution is 7.92. The standard InChI is InChI=1S/C18H13F2N3O3S/c19-16-8-7-15(10-17(16)20)27(25,26)23-13-5-3-12(4-6-13)18(24)22-14-2-1-9-21-11-14/h1-11,23H,(H,22,24). The van der Waals surface area contributed by atoms with E-state index in [1.165, 1.54) is 30.5 Å². The molecular weight excluding hydrogens is 376 g/mol. The SMILES string of the molecule is O=C(Nc1cccnc1)c1ccc(NS(=O)(=O)c2ccc(F)c(F)c2)cc1. The molecule has 0 aliphatic carbocycles. The number of hydrogen-bond acceptors (Lipinski definition) is 4. The molecule has 0 unspecified atom stereocenters. The summed E-state index contributed by atoms with van der Waals surface area (Å²) in [7, 11) is -4.10. The maximum absolute atomic E-state index is 13.3. The van der Waals surface area contributed by atoms with Gasteiger partial charge < -0.3 is 5.32 Å². The Morgan fingerprint density at radius 1 is 0.926 bits per heavy atom. The minimum atomic E-state index is -4.10. The molecule has 9 heteroatoms. The van der Waals surface area contributed by atoms with Crippen LogP contribution in [0.5, 0.6) is 0 Å². The van der Waals surface area contributed by atoms with E-state index in [4.69, 9.17) is 0 Å². The van der Waals surface area contributed by atoms with Gasteiger partial charge in [0.1, 0.15) is 0 Å². The monoisotopic (exact) mass is 389 g/mol. The van der Waals surface area contributed by atoms with Crippen molar-refractivity contribution in [3.63, 3.8) is 0 Å². The number of rotatable bonds is 5. The highest BCUT2D eigenvalue weighted by Crippen LogP contribution is 2.19. The topological polar surface area (TPSA) is 88.2 Å². The molecule has 0 bridgehead atoms. The van der Waals surface area contributed by atoms with Gasteiger partial charge in [-0.15, -0.1) is 0 Å². The van der Waals surface area contributed by atoms with E-state index in [9.17, 15) is 22.0 Å². The fourth-order valence-electron chi connectivity index (χ4n) is 2.19. The summed E-state index contributed by atoms with van der Waals surface area (Å²) < 4.78 is 52.9. The van der Waals surface area contributed by atoms with Crippen LogP contribution in [-0.2, 0) is 10.0 Å². The maximum atomic E-state index is 13.3. The van der Waals surface area contributed by atoms with Gasteiger partial charge in [0, 0.05) is 17.4 Å². The zero-order valence-electron chi connectivity index (χ0n) is 13.7. The van der Waals surface area contributed by atoms with Crippen LogP contribution in [-0.4, -0.2) is 19.3 Å². The van der Waals surface area contributed by atoms with E-state index in [0.29, 0.717) is 17.3 Å². The molecule has 0 aliphatic heterocycles. The van der Waals surface area contributed by atoms with Crippen molar-refractivity contribution in [2.24, 2.45) is 0 Å². The molecule has 3 rings (SSSR count). The molecule has 1 heterocycles. The lowest BCUT2D eigenvalue weighted by Crippen LogP contribution is -2.14. The fourth-order valence-corrected chi connectivity index (χ4v) is 3.26. The molecule has 0 atom stereocenters. The molecule has 2 aromatic carbocycles. The first-order valence-corrected chi connectivity index (χ1v) is 9.13. The molecule has 1 amide bonds. The average molecular weight is 389 g/mol. The number of nitrogens with one attached hydrogen (secondary N) is 2. The summed E-state index contributed by atoms with van der Waals surface area (Å²) in [5.41, 5.74) is 0.984. The number of carbonyl (C=O) groups excluding carboxylic acids is 1. The number of aromatic nitrogens is 1. The smallest absolute Gasteiger partial charge is 0.261 e. The minimum absolute atomic E-state index is 0.165. The molecular formula is C18H13F2N3O3S. The minimum Gasteiger partial charge on any atom is -0.321 e. The van der Waals surface area contributed by atoms with Crippen LogP contribution in [0.4, 0.5) is 20.2 Å². The molecule has 0 fully saturated rings. The second kappa shape index (κ2) is 7.50. The zero-order chi connectivity index (χ0) is 19.4. The number of amides is 1. The molecule has 0 radical (unpaired) electrons. The Morgan fingerprint density at radius 3 is 2.30 bits per heavy atom. The van der Waals surface area contributed by atoms with Crippen LogP contribution in [0.15, 0.2) is 71.9 Å². The molecule has 27 heavy (non-hydrogen) atoms. The van der Waals surface area contributed by atoms with Crippen molar-refractivity contribution in [3.05, 3.63) is 84.2 Å². The molecule has 138 valence electrons. The summed E-state index contributed by atoms with van der Waals surface area (Å²) >= 11 is 0. The Balaban J connectivity index is 1.73. The lowest BCUT2D eigenvalue weighted by Gasteiger charge is -2.09. The van der Waals surface area contributed by atoms with Crippen molar-refractivity contribution in [3.8, 4) is 0 Å². The van der Waals surface area contributed by atoms with Gasteiger partial charge in [0.2, 0.25) is 0 Å². The van der Waals surface area contributed by atoms with Crippen molar-refractivity contribution in [2.75, 3.05) is 10.0 Å². The predicted octanol–water partition coefficient (Wildman–Crippen LogP) is 3.41. The van der Waals surface area contributed by atoms with Crippen molar-refractivity contribution in [1.29, 1.82) is 0 Å². The average Bonchev–Trinajstić information content (AvgIpc) is 2.65. The first-order chi connectivity index (χ1) is 12.8. The molecule has 1 aromatic heterocycles. The third kappa shape index (κ3) is 4.45. The van der Waals surface area contributed by atoms with Crippen molar-refractivity contribution in [1.82, 2.24) is 4.98 Å². The van der Waals surface area contributed by atoms with Crippen LogP contribution < -0.4 is 10.0 Å². The van der Waals surface area contributed by atoms with Crippen LogP contribution in [0.2, 0.25) is 0 Å². The van der Waals surface area contributed by atoms with Gasteiger partial charge >= 0.3 is 0 Å². The number of carbonyl (C=O) groups is 1. The fraction of sp³-hybridized carbons (Fsp3) is 0. The Labute approximate surface area is 153 Å². The molecule has 0 spiro atoms. The van der Waals surface area contributed by atoms with Gasteiger partial charge in [-0.05, 0) is 54.6 Å². The van der Waals surface area contributed by atoms with Crippen molar-refractivity contribution >= 4 is 27.3 Å². The van der Waals surface area contributed by atoms with E-state index < -0.39 is 32.5 Å². The summed E-state index contributed by atoms with van der Waals surface area (Å²) in [5, 5.41) is 2.65. The Bertz CT molecular complexity index is 1070. The van der Waals surface area contributed by atoms with Gasteiger partial charge in [-0.3, -0.25) is 14.5 Å². The number of benzene rings is 2. The summed E-state index contributed by atoms with van der Waals surface area (Å²) in [6.07, 6.45) is 3.06. The normalized spacial score (nSPS) is 11.0. The van der Waals surface area contributed by atoms with Gasteiger partial charge in [0.15, 0.2) is 11.6 Å². The summed E-state index contributed by atoms with van der Waals surface area (Å²) in [6, 6.07) is 11.2. The molecule has 0 aliphatic rings. The van der Waals surface area contributed by atoms with Crippen LogP contribution in [0, 0.1) is 11.6 Å². The molecule has 3 aromatic rings. The van der Waals surface area contributed by atoms with Gasteiger partial charge in [0.05, 0.1) is 16.8 Å². The largest absolute Gasteiger partial charge is 0.321 e. The van der Waals surface area contributed by atoms with E-state index >= 15 is 0 Å². The first-order valence-electron chi connectivity index (χ1n) is 7.64. The molecule has 2 N–H and O–H groups in total.